The number of urea groups is 1. The Hall–Kier alpha value is -1.03. The van der Waals surface area contributed by atoms with Crippen LogP contribution in [-0.4, -0.2) is 28.1 Å². The van der Waals surface area contributed by atoms with E-state index in [2.05, 4.69) is 39.6 Å². The van der Waals surface area contributed by atoms with Gasteiger partial charge in [-0.25, -0.2) is 4.79 Å². The van der Waals surface area contributed by atoms with Gasteiger partial charge < -0.3 is 16.0 Å². The molecular weight excluding hydrogens is 214 g/mol. The quantitative estimate of drug-likeness (QED) is 0.737. The molecule has 0 aliphatic carbocycles. The van der Waals surface area contributed by atoms with Crippen molar-refractivity contribution < 1.29 is 4.79 Å². The number of nitrogens with two attached hydrogens (primary N) is 1. The van der Waals surface area contributed by atoms with Crippen LogP contribution in [0.4, 0.5) is 4.79 Å². The van der Waals surface area contributed by atoms with Crippen molar-refractivity contribution in [2.24, 2.45) is 5.73 Å². The number of nitrogens with one attached hydrogen (secondary N) is 1. The van der Waals surface area contributed by atoms with Crippen LogP contribution < -0.4 is 11.1 Å². The van der Waals surface area contributed by atoms with Crippen LogP contribution in [0.2, 0.25) is 0 Å². The maximum atomic E-state index is 12.3. The third-order valence-electron chi connectivity index (χ3n) is 3.26. The molecule has 0 aromatic rings. The number of carbonyl (C=O) groups excluding carboxylic acids is 1. The molecule has 0 atom stereocenters. The number of likely N-dealkylation sites (tertiary alicyclic amines) is 1. The van der Waals surface area contributed by atoms with E-state index in [0.29, 0.717) is 5.70 Å². The molecule has 0 aromatic heterocycles. The fourth-order valence-corrected chi connectivity index (χ4v) is 3.15. The second-order valence-electron chi connectivity index (χ2n) is 6.34. The fourth-order valence-electron chi connectivity index (χ4n) is 3.15. The molecule has 0 aromatic carbocycles. The highest BCUT2D eigenvalue weighted by atomic mass is 16.2. The molecule has 0 radical (unpaired) electrons. The summed E-state index contributed by atoms with van der Waals surface area (Å²) in [6.07, 6.45) is 1.64. The standard InChI is InChI=1S/C13H25N3O/c1-9(2)15-11(17)16-12(3,4)7-10(14)8-13(16,5)6/h10H,1,7-8,14H2,2-6H3,(H,15,17). The number of allylic oxidation sites excluding steroid dienone is 1. The minimum Gasteiger partial charge on any atom is -0.328 e. The highest BCUT2D eigenvalue weighted by Gasteiger charge is 2.46. The molecule has 1 saturated heterocycles. The van der Waals surface area contributed by atoms with Crippen molar-refractivity contribution in [1.82, 2.24) is 10.2 Å². The summed E-state index contributed by atoms with van der Waals surface area (Å²) in [6, 6.07) is 0.0632. The first-order chi connectivity index (χ1) is 7.56. The van der Waals surface area contributed by atoms with Gasteiger partial charge in [0.05, 0.1) is 0 Å². The Labute approximate surface area is 104 Å². The third kappa shape index (κ3) is 3.00. The van der Waals surface area contributed by atoms with Gasteiger partial charge in [-0.3, -0.25) is 0 Å². The molecule has 3 N–H and O–H groups in total. The molecule has 1 heterocycles. The average Bonchev–Trinajstić information content (AvgIpc) is 1.93. The largest absolute Gasteiger partial charge is 0.328 e. The van der Waals surface area contributed by atoms with Gasteiger partial charge in [0.15, 0.2) is 0 Å². The first-order valence-electron chi connectivity index (χ1n) is 6.09. The first kappa shape index (κ1) is 14.0. The Morgan fingerprint density at radius 2 is 1.71 bits per heavy atom. The lowest BCUT2D eigenvalue weighted by Crippen LogP contribution is -2.66. The molecule has 17 heavy (non-hydrogen) atoms. The first-order valence-corrected chi connectivity index (χ1v) is 6.09. The van der Waals surface area contributed by atoms with Crippen molar-refractivity contribution in [2.45, 2.75) is 64.6 Å². The van der Waals surface area contributed by atoms with E-state index in [9.17, 15) is 4.79 Å². The van der Waals surface area contributed by atoms with Gasteiger partial charge in [0, 0.05) is 22.8 Å². The van der Waals surface area contributed by atoms with Crippen LogP contribution in [0.5, 0.6) is 0 Å². The summed E-state index contributed by atoms with van der Waals surface area (Å²) < 4.78 is 0. The van der Waals surface area contributed by atoms with Crippen molar-refractivity contribution in [2.75, 3.05) is 0 Å². The molecule has 1 rings (SSSR count). The average molecular weight is 239 g/mol. The molecule has 98 valence electrons. The minimum absolute atomic E-state index is 0.0839. The van der Waals surface area contributed by atoms with E-state index in [1.54, 1.807) is 6.92 Å². The van der Waals surface area contributed by atoms with Gasteiger partial charge in [-0.1, -0.05) is 6.58 Å². The van der Waals surface area contributed by atoms with Crippen molar-refractivity contribution in [3.8, 4) is 0 Å². The van der Waals surface area contributed by atoms with Gasteiger partial charge >= 0.3 is 6.03 Å². The summed E-state index contributed by atoms with van der Waals surface area (Å²) in [5, 5.41) is 2.79. The van der Waals surface area contributed by atoms with Gasteiger partial charge in [0.1, 0.15) is 0 Å². The van der Waals surface area contributed by atoms with Crippen LogP contribution in [0, 0.1) is 0 Å². The Bertz CT molecular complexity index is 316. The van der Waals surface area contributed by atoms with Gasteiger partial charge in [-0.15, -0.1) is 0 Å². The van der Waals surface area contributed by atoms with E-state index in [1.165, 1.54) is 0 Å². The molecular formula is C13H25N3O. The van der Waals surface area contributed by atoms with E-state index < -0.39 is 0 Å². The minimum atomic E-state index is -0.235. The van der Waals surface area contributed by atoms with Crippen molar-refractivity contribution in [3.63, 3.8) is 0 Å². The zero-order valence-corrected chi connectivity index (χ0v) is 11.6. The van der Waals surface area contributed by atoms with Crippen LogP contribution in [0.3, 0.4) is 0 Å². The fraction of sp³-hybridized carbons (Fsp3) is 0.769. The lowest BCUT2D eigenvalue weighted by Gasteiger charge is -2.54. The Morgan fingerprint density at radius 1 is 1.29 bits per heavy atom. The van der Waals surface area contributed by atoms with E-state index in [1.807, 2.05) is 4.90 Å². The highest BCUT2D eigenvalue weighted by Crippen LogP contribution is 2.37. The third-order valence-corrected chi connectivity index (χ3v) is 3.26. The number of nitrogens with zero attached hydrogens (tertiary/aromatic N) is 1. The number of hydrogen-bond donors (Lipinski definition) is 2. The van der Waals surface area contributed by atoms with Crippen LogP contribution in [0.15, 0.2) is 12.3 Å². The molecule has 1 aliphatic rings. The molecule has 1 aliphatic heterocycles. The zero-order valence-electron chi connectivity index (χ0n) is 11.6. The van der Waals surface area contributed by atoms with Crippen LogP contribution >= 0.6 is 0 Å². The number of piperidine rings is 1. The summed E-state index contributed by atoms with van der Waals surface area (Å²) in [6.45, 7) is 13.7. The van der Waals surface area contributed by atoms with E-state index in [0.717, 1.165) is 12.8 Å². The summed E-state index contributed by atoms with van der Waals surface area (Å²) in [5.74, 6) is 0. The monoisotopic (exact) mass is 239 g/mol. The number of rotatable bonds is 1. The number of hydrogen-bond acceptors (Lipinski definition) is 2. The normalized spacial score (nSPS) is 23.3. The Morgan fingerprint density at radius 3 is 2.06 bits per heavy atom. The Kier molecular flexibility index (Phi) is 3.58. The molecule has 0 saturated carbocycles. The van der Waals surface area contributed by atoms with E-state index in [4.69, 9.17) is 5.73 Å². The van der Waals surface area contributed by atoms with E-state index in [-0.39, 0.29) is 23.2 Å². The SMILES string of the molecule is C=C(C)NC(=O)N1C(C)(C)CC(N)CC1(C)C. The predicted octanol–water partition coefficient (Wildman–Crippen LogP) is 2.21. The van der Waals surface area contributed by atoms with Crippen molar-refractivity contribution >= 4 is 6.03 Å². The highest BCUT2D eigenvalue weighted by molar-refractivity contribution is 5.77. The lowest BCUT2D eigenvalue weighted by atomic mass is 9.77. The van der Waals surface area contributed by atoms with Gasteiger partial charge in [0.25, 0.3) is 0 Å². The Balaban J connectivity index is 3.00. The van der Waals surface area contributed by atoms with Crippen LogP contribution in [0.1, 0.15) is 47.5 Å². The topological polar surface area (TPSA) is 58.4 Å². The summed E-state index contributed by atoms with van der Waals surface area (Å²) in [7, 11) is 0. The molecule has 4 heteroatoms. The van der Waals surface area contributed by atoms with Crippen LogP contribution in [-0.2, 0) is 0 Å². The number of amides is 2. The predicted molar refractivity (Wildman–Crippen MR) is 70.6 cm³/mol. The van der Waals surface area contributed by atoms with E-state index >= 15 is 0 Å². The summed E-state index contributed by atoms with van der Waals surface area (Å²) >= 11 is 0. The number of carbonyl (C=O) groups is 1. The van der Waals surface area contributed by atoms with Gasteiger partial charge in [0.2, 0.25) is 0 Å². The molecule has 2 amide bonds. The molecule has 0 spiro atoms. The van der Waals surface area contributed by atoms with Gasteiger partial charge in [-0.2, -0.15) is 0 Å². The second-order valence-corrected chi connectivity index (χ2v) is 6.34. The molecule has 4 nitrogen and oxygen atoms in total. The second kappa shape index (κ2) is 4.33. The lowest BCUT2D eigenvalue weighted by molar-refractivity contribution is 0.00414. The van der Waals surface area contributed by atoms with Crippen molar-refractivity contribution in [1.29, 1.82) is 0 Å². The zero-order chi connectivity index (χ0) is 13.4. The summed E-state index contributed by atoms with van der Waals surface area (Å²) in [5.41, 5.74) is 6.27. The molecule has 1 fully saturated rings. The maximum Gasteiger partial charge on any atom is 0.322 e. The van der Waals surface area contributed by atoms with Gasteiger partial charge in [-0.05, 0) is 47.5 Å². The van der Waals surface area contributed by atoms with Crippen molar-refractivity contribution in [3.05, 3.63) is 12.3 Å². The molecule has 0 bridgehead atoms. The van der Waals surface area contributed by atoms with Crippen LogP contribution in [0.25, 0.3) is 0 Å². The molecule has 0 unspecified atom stereocenters. The smallest absolute Gasteiger partial charge is 0.322 e. The summed E-state index contributed by atoms with van der Waals surface area (Å²) in [4.78, 5) is 14.2. The maximum absolute atomic E-state index is 12.3.